The molecule has 0 aliphatic carbocycles. The van der Waals surface area contributed by atoms with E-state index < -0.39 is 54.5 Å². The van der Waals surface area contributed by atoms with Crippen molar-refractivity contribution in [1.29, 1.82) is 0 Å². The summed E-state index contributed by atoms with van der Waals surface area (Å²) in [7, 11) is -11.4. The molecular weight excluding hydrogens is 448 g/mol. The molecule has 27 heavy (non-hydrogen) atoms. The molecule has 15 nitrogen and oxygen atoms in total. The molecule has 0 aromatic rings. The van der Waals surface area contributed by atoms with Crippen molar-refractivity contribution in [2.24, 2.45) is 5.11 Å². The predicted molar refractivity (Wildman–Crippen MR) is 77.8 cm³/mol. The lowest BCUT2D eigenvalue weighted by molar-refractivity contribution is -0.265. The standard InChI is InChI=1S/C6H11BF2N3O12P3/c7-5-1-3(22-6(8,9)11-12-10)4(21-5)2-20-26(16,17)24-27(18,19)23-25(13,14)15/h3-5H,1-2H2,(H,16,17)(H,18,19)(H2,13,14,15)/t3-,4-,5-/m1/s1. The summed E-state index contributed by atoms with van der Waals surface area (Å²) in [5, 5.41) is 2.07. The molecule has 0 aromatic heterocycles. The lowest BCUT2D eigenvalue weighted by Crippen LogP contribution is -2.34. The van der Waals surface area contributed by atoms with Crippen molar-refractivity contribution in [2.75, 3.05) is 6.61 Å². The first kappa shape index (κ1) is 24.6. The van der Waals surface area contributed by atoms with Gasteiger partial charge in [0, 0.05) is 16.0 Å². The summed E-state index contributed by atoms with van der Waals surface area (Å²) in [4.78, 5) is 36.9. The van der Waals surface area contributed by atoms with E-state index in [9.17, 15) is 27.4 Å². The maximum atomic E-state index is 13.2. The van der Waals surface area contributed by atoms with E-state index in [-0.39, 0.29) is 6.42 Å². The Morgan fingerprint density at radius 1 is 1.22 bits per heavy atom. The molecule has 1 fully saturated rings. The fourth-order valence-corrected chi connectivity index (χ4v) is 4.78. The van der Waals surface area contributed by atoms with Crippen LogP contribution in [-0.2, 0) is 36.3 Å². The summed E-state index contributed by atoms with van der Waals surface area (Å²) in [6, 6.07) is -1.17. The van der Waals surface area contributed by atoms with Crippen LogP contribution in [0.2, 0.25) is 0 Å². The fourth-order valence-electron chi connectivity index (χ4n) is 1.75. The van der Waals surface area contributed by atoms with Crippen molar-refractivity contribution >= 4 is 31.3 Å². The van der Waals surface area contributed by atoms with Gasteiger partial charge in [0.05, 0.1) is 12.7 Å². The molecule has 4 N–H and O–H groups in total. The Labute approximate surface area is 150 Å². The van der Waals surface area contributed by atoms with Crippen molar-refractivity contribution in [1.82, 2.24) is 0 Å². The molecule has 0 amide bonds. The number of ether oxygens (including phenoxy) is 2. The molecule has 0 spiro atoms. The van der Waals surface area contributed by atoms with Crippen LogP contribution in [0.25, 0.3) is 10.4 Å². The van der Waals surface area contributed by atoms with E-state index in [0.717, 1.165) is 0 Å². The highest BCUT2D eigenvalue weighted by atomic mass is 31.3. The van der Waals surface area contributed by atoms with Gasteiger partial charge in [0.25, 0.3) is 0 Å². The van der Waals surface area contributed by atoms with Crippen LogP contribution in [0.1, 0.15) is 6.42 Å². The molecule has 1 heterocycles. The van der Waals surface area contributed by atoms with Crippen LogP contribution in [0.4, 0.5) is 8.78 Å². The Morgan fingerprint density at radius 2 is 1.81 bits per heavy atom. The predicted octanol–water partition coefficient (Wildman–Crippen LogP) is 0.859. The summed E-state index contributed by atoms with van der Waals surface area (Å²) in [6.07, 6.45) is -7.80. The molecule has 1 rings (SSSR count). The van der Waals surface area contributed by atoms with Gasteiger partial charge in [-0.15, -0.1) is 0 Å². The number of nitrogens with zero attached hydrogens (tertiary/aromatic N) is 3. The maximum Gasteiger partial charge on any atom is 0.490 e. The number of hydrogen-bond acceptors (Lipinski definition) is 9. The lowest BCUT2D eigenvalue weighted by Gasteiger charge is -2.23. The maximum absolute atomic E-state index is 13.2. The first-order chi connectivity index (χ1) is 12.0. The second kappa shape index (κ2) is 8.93. The topological polar surface area (TPSA) is 227 Å². The molecule has 1 aliphatic heterocycles. The summed E-state index contributed by atoms with van der Waals surface area (Å²) in [5.74, 6) is 0. The molecular formula is C6H11BF2N3O12P3. The summed E-state index contributed by atoms with van der Waals surface area (Å²) >= 11 is 0. The minimum atomic E-state index is -5.74. The second-order valence-electron chi connectivity index (χ2n) is 4.67. The normalized spacial score (nSPS) is 28.1. The van der Waals surface area contributed by atoms with Gasteiger partial charge in [-0.3, -0.25) is 4.52 Å². The van der Waals surface area contributed by atoms with Crippen molar-refractivity contribution in [3.8, 4) is 0 Å². The van der Waals surface area contributed by atoms with E-state index in [1.807, 2.05) is 4.91 Å². The number of hydrogen-bond donors (Lipinski definition) is 4. The van der Waals surface area contributed by atoms with Gasteiger partial charge in [0.1, 0.15) is 14.0 Å². The van der Waals surface area contributed by atoms with Gasteiger partial charge >= 0.3 is 29.7 Å². The number of phosphoric ester groups is 1. The number of phosphoric acid groups is 3. The Hall–Kier alpha value is -0.435. The number of azide groups is 1. The van der Waals surface area contributed by atoms with Crippen molar-refractivity contribution in [3.05, 3.63) is 10.4 Å². The summed E-state index contributed by atoms with van der Waals surface area (Å²) < 4.78 is 79.7. The molecule has 0 saturated carbocycles. The third-order valence-electron chi connectivity index (χ3n) is 2.50. The number of alkyl halides is 2. The highest BCUT2D eigenvalue weighted by molar-refractivity contribution is 7.66. The van der Waals surface area contributed by atoms with Gasteiger partial charge < -0.3 is 29.0 Å². The summed E-state index contributed by atoms with van der Waals surface area (Å²) in [6.45, 7) is -1.06. The molecule has 154 valence electrons. The van der Waals surface area contributed by atoms with Crippen LogP contribution in [0.5, 0.6) is 0 Å². The molecule has 0 bridgehead atoms. The Kier molecular flexibility index (Phi) is 8.14. The Morgan fingerprint density at radius 3 is 2.33 bits per heavy atom. The van der Waals surface area contributed by atoms with E-state index in [1.54, 1.807) is 0 Å². The number of rotatable bonds is 10. The van der Waals surface area contributed by atoms with Gasteiger partial charge in [-0.05, 0) is 12.0 Å². The average molecular weight is 459 g/mol. The third-order valence-corrected chi connectivity index (χ3v) is 6.30. The molecule has 1 saturated heterocycles. The van der Waals surface area contributed by atoms with E-state index >= 15 is 0 Å². The van der Waals surface area contributed by atoms with Crippen molar-refractivity contribution in [3.63, 3.8) is 0 Å². The van der Waals surface area contributed by atoms with Crippen LogP contribution in [0, 0.1) is 0 Å². The molecule has 2 radical (unpaired) electrons. The van der Waals surface area contributed by atoms with E-state index in [4.69, 9.17) is 32.8 Å². The minimum absolute atomic E-state index is 0.374. The number of halogens is 2. The highest BCUT2D eigenvalue weighted by Crippen LogP contribution is 2.66. The van der Waals surface area contributed by atoms with Gasteiger partial charge in [0.2, 0.25) is 0 Å². The first-order valence-electron chi connectivity index (χ1n) is 6.35. The van der Waals surface area contributed by atoms with Gasteiger partial charge in [-0.25, -0.2) is 13.7 Å². The van der Waals surface area contributed by atoms with E-state index in [0.29, 0.717) is 0 Å². The van der Waals surface area contributed by atoms with Crippen molar-refractivity contribution < 1.29 is 64.7 Å². The Balaban J connectivity index is 2.73. The van der Waals surface area contributed by atoms with Crippen LogP contribution < -0.4 is 0 Å². The van der Waals surface area contributed by atoms with Gasteiger partial charge in [-0.1, -0.05) is 0 Å². The minimum Gasteiger partial charge on any atom is -0.380 e. The zero-order valence-electron chi connectivity index (χ0n) is 12.7. The fraction of sp³-hybridized carbons (Fsp3) is 1.00. The third kappa shape index (κ3) is 9.55. The Bertz CT molecular complexity index is 729. The molecule has 5 atom stereocenters. The smallest absolute Gasteiger partial charge is 0.380 e. The van der Waals surface area contributed by atoms with E-state index in [1.165, 1.54) is 0 Å². The monoisotopic (exact) mass is 459 g/mol. The van der Waals surface area contributed by atoms with E-state index in [2.05, 4.69) is 23.0 Å². The molecule has 1 aliphatic rings. The first-order valence-corrected chi connectivity index (χ1v) is 10.9. The lowest BCUT2D eigenvalue weighted by atomic mass is 9.96. The van der Waals surface area contributed by atoms with Gasteiger partial charge in [-0.2, -0.15) is 17.4 Å². The zero-order chi connectivity index (χ0) is 21.1. The quantitative estimate of drug-likeness (QED) is 0.0891. The molecule has 2 unspecified atom stereocenters. The van der Waals surface area contributed by atoms with Crippen LogP contribution in [0.15, 0.2) is 5.11 Å². The van der Waals surface area contributed by atoms with Crippen LogP contribution in [-0.4, -0.2) is 58.5 Å². The zero-order valence-corrected chi connectivity index (χ0v) is 15.4. The van der Waals surface area contributed by atoms with Crippen LogP contribution in [0.3, 0.4) is 0 Å². The van der Waals surface area contributed by atoms with Crippen molar-refractivity contribution in [2.45, 2.75) is 30.9 Å². The second-order valence-corrected chi connectivity index (χ2v) is 9.09. The SMILES string of the molecule is [B][C@H]1C[C@@H](OC(F)(F)N=[N+]=[N-])[C@@H](COP(=O)(O)OP(=O)(O)OP(=O)(O)O)O1. The molecule has 21 heteroatoms. The molecule has 0 aromatic carbocycles. The summed E-state index contributed by atoms with van der Waals surface area (Å²) in [5.41, 5.74) is 8.01. The highest BCUT2D eigenvalue weighted by Gasteiger charge is 2.44. The largest absolute Gasteiger partial charge is 0.490 e. The average Bonchev–Trinajstić information content (AvgIpc) is 2.71. The van der Waals surface area contributed by atoms with Crippen LogP contribution >= 0.6 is 23.5 Å². The van der Waals surface area contributed by atoms with Gasteiger partial charge in [0.15, 0.2) is 0 Å².